The summed E-state index contributed by atoms with van der Waals surface area (Å²) in [6, 6.07) is 7.74. The van der Waals surface area contributed by atoms with Crippen LogP contribution in [0.3, 0.4) is 0 Å². The predicted octanol–water partition coefficient (Wildman–Crippen LogP) is 3.46. The summed E-state index contributed by atoms with van der Waals surface area (Å²) in [4.78, 5) is 0. The largest absolute Gasteiger partial charge is 0.384 e. The maximum atomic E-state index is 7.57. The Hall–Kier alpha value is -1.35. The fourth-order valence-electron chi connectivity index (χ4n) is 2.66. The Kier molecular flexibility index (Phi) is 4.25. The number of hydrogen-bond donors (Lipinski definition) is 2. The summed E-state index contributed by atoms with van der Waals surface area (Å²) in [5, 5.41) is 7.57. The zero-order chi connectivity index (χ0) is 13.9. The molecule has 1 saturated carbocycles. The van der Waals surface area contributed by atoms with E-state index < -0.39 is 0 Å². The molecule has 104 valence electrons. The number of hydrogen-bond acceptors (Lipinski definition) is 2. The molecule has 1 aromatic rings. The zero-order valence-corrected chi connectivity index (χ0v) is 11.9. The average Bonchev–Trinajstić information content (AvgIpc) is 2.38. The predicted molar refractivity (Wildman–Crippen MR) is 78.3 cm³/mol. The summed E-state index contributed by atoms with van der Waals surface area (Å²) in [7, 11) is 0. The molecule has 1 aliphatic carbocycles. The van der Waals surface area contributed by atoms with Crippen molar-refractivity contribution >= 4 is 5.84 Å². The number of benzene rings is 1. The van der Waals surface area contributed by atoms with Crippen LogP contribution in [0.25, 0.3) is 0 Å². The summed E-state index contributed by atoms with van der Waals surface area (Å²) in [5.41, 5.74) is 7.86. The molecule has 19 heavy (non-hydrogen) atoms. The summed E-state index contributed by atoms with van der Waals surface area (Å²) < 4.78 is 6.00. The lowest BCUT2D eigenvalue weighted by Crippen LogP contribution is -2.26. The zero-order valence-electron chi connectivity index (χ0n) is 11.9. The molecule has 0 aromatic heterocycles. The van der Waals surface area contributed by atoms with Gasteiger partial charge in [0.15, 0.2) is 0 Å². The number of ether oxygens (including phenoxy) is 1. The van der Waals surface area contributed by atoms with Crippen molar-refractivity contribution in [1.29, 1.82) is 5.41 Å². The SMILES string of the molecule is CC1(C)CCC(OCc2ccccc2C(=N)N)CC1. The third kappa shape index (κ3) is 3.80. The lowest BCUT2D eigenvalue weighted by Gasteiger charge is -2.34. The topological polar surface area (TPSA) is 59.1 Å². The molecule has 2 rings (SSSR count). The number of rotatable bonds is 4. The van der Waals surface area contributed by atoms with E-state index in [4.69, 9.17) is 15.9 Å². The molecule has 1 aliphatic rings. The minimum absolute atomic E-state index is 0.115. The van der Waals surface area contributed by atoms with Gasteiger partial charge in [-0.2, -0.15) is 0 Å². The van der Waals surface area contributed by atoms with Crippen molar-refractivity contribution in [3.63, 3.8) is 0 Å². The van der Waals surface area contributed by atoms with Crippen LogP contribution in [0.4, 0.5) is 0 Å². The molecule has 0 heterocycles. The lowest BCUT2D eigenvalue weighted by atomic mass is 9.76. The smallest absolute Gasteiger partial charge is 0.123 e. The van der Waals surface area contributed by atoms with Gasteiger partial charge in [0.25, 0.3) is 0 Å². The van der Waals surface area contributed by atoms with Crippen LogP contribution in [0.15, 0.2) is 24.3 Å². The van der Waals surface area contributed by atoms with E-state index >= 15 is 0 Å². The third-order valence-electron chi connectivity index (χ3n) is 4.07. The van der Waals surface area contributed by atoms with Gasteiger partial charge in [0, 0.05) is 5.56 Å². The first kappa shape index (κ1) is 14.1. The highest BCUT2D eigenvalue weighted by Crippen LogP contribution is 2.36. The van der Waals surface area contributed by atoms with Crippen molar-refractivity contribution in [2.24, 2.45) is 11.1 Å². The normalized spacial score (nSPS) is 19.3. The standard InChI is InChI=1S/C16H24N2O/c1-16(2)9-7-13(8-10-16)19-11-12-5-3-4-6-14(12)15(17)18/h3-6,13H,7-11H2,1-2H3,(H3,17,18). The Labute approximate surface area is 115 Å². The summed E-state index contributed by atoms with van der Waals surface area (Å²) >= 11 is 0. The summed E-state index contributed by atoms with van der Waals surface area (Å²) in [6.45, 7) is 5.21. The van der Waals surface area contributed by atoms with Gasteiger partial charge in [-0.1, -0.05) is 38.1 Å². The van der Waals surface area contributed by atoms with E-state index in [0.29, 0.717) is 18.1 Å². The highest BCUT2D eigenvalue weighted by Gasteiger charge is 2.27. The van der Waals surface area contributed by atoms with E-state index in [2.05, 4.69) is 13.8 Å². The summed E-state index contributed by atoms with van der Waals surface area (Å²) in [5.74, 6) is 0.115. The molecule has 0 radical (unpaired) electrons. The van der Waals surface area contributed by atoms with Crippen LogP contribution >= 0.6 is 0 Å². The van der Waals surface area contributed by atoms with Crippen molar-refractivity contribution in [3.8, 4) is 0 Å². The molecule has 0 saturated heterocycles. The quantitative estimate of drug-likeness (QED) is 0.643. The molecular formula is C16H24N2O. The Balaban J connectivity index is 1.91. The average molecular weight is 260 g/mol. The van der Waals surface area contributed by atoms with Crippen molar-refractivity contribution < 1.29 is 4.74 Å². The van der Waals surface area contributed by atoms with E-state index in [0.717, 1.165) is 24.0 Å². The second-order valence-corrected chi connectivity index (χ2v) is 6.25. The van der Waals surface area contributed by atoms with Gasteiger partial charge in [-0.05, 0) is 36.7 Å². The molecule has 0 bridgehead atoms. The van der Waals surface area contributed by atoms with Crippen LogP contribution in [0.1, 0.15) is 50.7 Å². The Morgan fingerprint density at radius 3 is 2.58 bits per heavy atom. The first-order valence-corrected chi connectivity index (χ1v) is 7.02. The van der Waals surface area contributed by atoms with Crippen LogP contribution in [-0.4, -0.2) is 11.9 Å². The molecule has 0 atom stereocenters. The fraction of sp³-hybridized carbons (Fsp3) is 0.562. The van der Waals surface area contributed by atoms with Gasteiger partial charge in [0.05, 0.1) is 12.7 Å². The minimum atomic E-state index is 0.115. The minimum Gasteiger partial charge on any atom is -0.384 e. The Morgan fingerprint density at radius 1 is 1.32 bits per heavy atom. The molecule has 0 amide bonds. The van der Waals surface area contributed by atoms with Crippen molar-refractivity contribution in [2.75, 3.05) is 0 Å². The van der Waals surface area contributed by atoms with Crippen molar-refractivity contribution in [1.82, 2.24) is 0 Å². The second-order valence-electron chi connectivity index (χ2n) is 6.25. The lowest BCUT2D eigenvalue weighted by molar-refractivity contribution is -0.00563. The molecule has 3 nitrogen and oxygen atoms in total. The number of nitrogen functional groups attached to an aromatic ring is 1. The molecule has 1 fully saturated rings. The molecule has 0 unspecified atom stereocenters. The Morgan fingerprint density at radius 2 is 1.95 bits per heavy atom. The van der Waals surface area contributed by atoms with E-state index in [1.807, 2.05) is 24.3 Å². The Bertz CT molecular complexity index is 444. The van der Waals surface area contributed by atoms with Gasteiger partial charge in [0.2, 0.25) is 0 Å². The fourth-order valence-corrected chi connectivity index (χ4v) is 2.66. The first-order chi connectivity index (χ1) is 8.98. The highest BCUT2D eigenvalue weighted by molar-refractivity contribution is 5.96. The number of nitrogens with two attached hydrogens (primary N) is 1. The van der Waals surface area contributed by atoms with Crippen LogP contribution < -0.4 is 5.73 Å². The third-order valence-corrected chi connectivity index (χ3v) is 4.07. The van der Waals surface area contributed by atoms with Gasteiger partial charge in [-0.25, -0.2) is 0 Å². The second kappa shape index (κ2) is 5.74. The van der Waals surface area contributed by atoms with Crippen molar-refractivity contribution in [3.05, 3.63) is 35.4 Å². The van der Waals surface area contributed by atoms with Crippen LogP contribution in [0.2, 0.25) is 0 Å². The highest BCUT2D eigenvalue weighted by atomic mass is 16.5. The van der Waals surface area contributed by atoms with Crippen LogP contribution in [0.5, 0.6) is 0 Å². The van der Waals surface area contributed by atoms with E-state index in [9.17, 15) is 0 Å². The molecule has 1 aromatic carbocycles. The van der Waals surface area contributed by atoms with Gasteiger partial charge in [-0.3, -0.25) is 5.41 Å². The van der Waals surface area contributed by atoms with Gasteiger partial charge in [0.1, 0.15) is 5.84 Å². The molecular weight excluding hydrogens is 236 g/mol. The molecule has 0 spiro atoms. The number of amidine groups is 1. The monoisotopic (exact) mass is 260 g/mol. The maximum absolute atomic E-state index is 7.57. The molecule has 3 N–H and O–H groups in total. The van der Waals surface area contributed by atoms with Gasteiger partial charge < -0.3 is 10.5 Å². The van der Waals surface area contributed by atoms with E-state index in [-0.39, 0.29) is 5.84 Å². The van der Waals surface area contributed by atoms with Gasteiger partial charge >= 0.3 is 0 Å². The maximum Gasteiger partial charge on any atom is 0.123 e. The van der Waals surface area contributed by atoms with Crippen molar-refractivity contribution in [2.45, 2.75) is 52.2 Å². The summed E-state index contributed by atoms with van der Waals surface area (Å²) in [6.07, 6.45) is 5.08. The van der Waals surface area contributed by atoms with E-state index in [1.54, 1.807) is 0 Å². The van der Waals surface area contributed by atoms with E-state index in [1.165, 1.54) is 12.8 Å². The first-order valence-electron chi connectivity index (χ1n) is 7.02. The molecule has 3 heteroatoms. The van der Waals surface area contributed by atoms with Gasteiger partial charge in [-0.15, -0.1) is 0 Å². The number of nitrogens with one attached hydrogen (secondary N) is 1. The van der Waals surface area contributed by atoms with Crippen LogP contribution in [0, 0.1) is 10.8 Å². The van der Waals surface area contributed by atoms with Crippen LogP contribution in [-0.2, 0) is 11.3 Å². The molecule has 0 aliphatic heterocycles.